The van der Waals surface area contributed by atoms with E-state index in [1.54, 1.807) is 10.4 Å². The fourth-order valence-electron chi connectivity index (χ4n) is 3.61. The van der Waals surface area contributed by atoms with Gasteiger partial charge < -0.3 is 0 Å². The van der Waals surface area contributed by atoms with Crippen LogP contribution in [0, 0.1) is 5.38 Å². The van der Waals surface area contributed by atoms with Crippen molar-refractivity contribution in [2.45, 2.75) is 129 Å². The van der Waals surface area contributed by atoms with E-state index >= 15 is 0 Å². The average molecular weight is 364 g/mol. The summed E-state index contributed by atoms with van der Waals surface area (Å²) in [5.41, 5.74) is 1.61. The van der Waals surface area contributed by atoms with E-state index in [2.05, 4.69) is 25.3 Å². The zero-order chi connectivity index (χ0) is 18.0. The highest BCUT2D eigenvalue weighted by molar-refractivity contribution is 7.09. The summed E-state index contributed by atoms with van der Waals surface area (Å²) in [6, 6.07) is 2.27. The number of aryl methyl sites for hydroxylation is 2. The van der Waals surface area contributed by atoms with E-state index < -0.39 is 0 Å². The van der Waals surface area contributed by atoms with Gasteiger partial charge in [0, 0.05) is 10.3 Å². The van der Waals surface area contributed by atoms with Crippen molar-refractivity contribution < 1.29 is 0 Å². The van der Waals surface area contributed by atoms with Gasteiger partial charge in [-0.1, -0.05) is 104 Å². The van der Waals surface area contributed by atoms with E-state index in [9.17, 15) is 0 Å². The number of unbranched alkanes of at least 4 members (excludes halogenated alkanes) is 14. The highest BCUT2D eigenvalue weighted by Crippen LogP contribution is 2.22. The van der Waals surface area contributed by atoms with E-state index in [0.717, 1.165) is 0 Å². The summed E-state index contributed by atoms with van der Waals surface area (Å²) in [5.74, 6) is 0. The van der Waals surface area contributed by atoms with Crippen molar-refractivity contribution in [3.8, 4) is 0 Å². The van der Waals surface area contributed by atoms with Gasteiger partial charge in [0.1, 0.15) is 0 Å². The SMILES string of the molecule is CCCCCCCCCCc1c[c]sc1CCCCCCCCCC. The molecule has 0 nitrogen and oxygen atoms in total. The molecule has 0 aliphatic heterocycles. The molecule has 0 spiro atoms. The highest BCUT2D eigenvalue weighted by Gasteiger charge is 2.04. The third-order valence-corrected chi connectivity index (χ3v) is 6.28. The van der Waals surface area contributed by atoms with Gasteiger partial charge in [-0.15, -0.1) is 11.3 Å². The predicted molar refractivity (Wildman–Crippen MR) is 116 cm³/mol. The average Bonchev–Trinajstić information content (AvgIpc) is 3.07. The van der Waals surface area contributed by atoms with E-state index in [1.807, 2.05) is 11.3 Å². The summed E-state index contributed by atoms with van der Waals surface area (Å²) in [5, 5.41) is 3.39. The first-order valence-corrected chi connectivity index (χ1v) is 12.2. The summed E-state index contributed by atoms with van der Waals surface area (Å²) >= 11 is 1.88. The summed E-state index contributed by atoms with van der Waals surface area (Å²) in [4.78, 5) is 1.63. The molecule has 25 heavy (non-hydrogen) atoms. The molecule has 1 heterocycles. The van der Waals surface area contributed by atoms with Gasteiger partial charge in [-0.2, -0.15) is 0 Å². The lowest BCUT2D eigenvalue weighted by Crippen LogP contribution is -1.91. The standard InChI is InChI=1S/C24H43S/c1-3-5-7-9-11-13-15-17-19-23-21-22-25-24(23)20-18-16-14-12-10-8-6-4-2/h21H,3-20H2,1-2H3. The van der Waals surface area contributed by atoms with Crippen LogP contribution in [0.2, 0.25) is 0 Å². The van der Waals surface area contributed by atoms with Crippen molar-refractivity contribution >= 4 is 11.3 Å². The van der Waals surface area contributed by atoms with E-state index in [0.29, 0.717) is 0 Å². The van der Waals surface area contributed by atoms with Gasteiger partial charge in [0.2, 0.25) is 0 Å². The van der Waals surface area contributed by atoms with Crippen LogP contribution >= 0.6 is 11.3 Å². The Bertz CT molecular complexity index is 345. The van der Waals surface area contributed by atoms with Crippen LogP contribution in [0.25, 0.3) is 0 Å². The molecule has 1 radical (unpaired) electrons. The van der Waals surface area contributed by atoms with Crippen LogP contribution in [0.1, 0.15) is 127 Å². The molecule has 1 aromatic rings. The molecular weight excluding hydrogens is 320 g/mol. The zero-order valence-electron chi connectivity index (χ0n) is 17.2. The van der Waals surface area contributed by atoms with E-state index in [1.165, 1.54) is 116 Å². The van der Waals surface area contributed by atoms with Crippen molar-refractivity contribution in [3.63, 3.8) is 0 Å². The molecule has 0 unspecified atom stereocenters. The normalized spacial score (nSPS) is 11.3. The highest BCUT2D eigenvalue weighted by atomic mass is 32.1. The topological polar surface area (TPSA) is 0 Å². The third kappa shape index (κ3) is 12.7. The quantitative estimate of drug-likeness (QED) is 0.228. The van der Waals surface area contributed by atoms with Gasteiger partial charge in [-0.05, 0) is 37.3 Å². The molecule has 0 aliphatic rings. The number of hydrogen-bond acceptors (Lipinski definition) is 1. The molecule has 0 N–H and O–H groups in total. The Labute approximate surface area is 162 Å². The minimum Gasteiger partial charge on any atom is -0.139 e. The zero-order valence-corrected chi connectivity index (χ0v) is 18.0. The Balaban J connectivity index is 2.00. The van der Waals surface area contributed by atoms with Crippen LogP contribution in [-0.2, 0) is 12.8 Å². The fraction of sp³-hybridized carbons (Fsp3) is 0.833. The van der Waals surface area contributed by atoms with Crippen LogP contribution in [-0.4, -0.2) is 0 Å². The Kier molecular flexibility index (Phi) is 15.6. The van der Waals surface area contributed by atoms with Gasteiger partial charge in [-0.3, -0.25) is 0 Å². The summed E-state index contributed by atoms with van der Waals surface area (Å²) in [6.07, 6.45) is 25.3. The minimum absolute atomic E-state index is 1.29. The summed E-state index contributed by atoms with van der Waals surface area (Å²) < 4.78 is 0. The summed E-state index contributed by atoms with van der Waals surface area (Å²) in [6.45, 7) is 4.59. The minimum atomic E-state index is 1.29. The molecule has 0 saturated carbocycles. The number of thiophene rings is 1. The van der Waals surface area contributed by atoms with Crippen LogP contribution in [0.5, 0.6) is 0 Å². The summed E-state index contributed by atoms with van der Waals surface area (Å²) in [7, 11) is 0. The number of rotatable bonds is 18. The third-order valence-electron chi connectivity index (χ3n) is 5.33. The fourth-order valence-corrected chi connectivity index (χ4v) is 4.49. The first kappa shape index (κ1) is 22.7. The van der Waals surface area contributed by atoms with Gasteiger partial charge in [0.05, 0.1) is 0 Å². The Hall–Kier alpha value is -0.300. The largest absolute Gasteiger partial charge is 0.139 e. The molecule has 0 aliphatic carbocycles. The molecule has 0 aromatic carbocycles. The molecular formula is C24H43S. The number of hydrogen-bond donors (Lipinski definition) is 0. The molecule has 0 atom stereocenters. The molecule has 0 amide bonds. The van der Waals surface area contributed by atoms with Gasteiger partial charge in [0.15, 0.2) is 0 Å². The second-order valence-corrected chi connectivity index (χ2v) is 8.70. The van der Waals surface area contributed by atoms with Crippen LogP contribution in [0.3, 0.4) is 0 Å². The Morgan fingerprint density at radius 2 is 1.04 bits per heavy atom. The smallest absolute Gasteiger partial charge is 0.0448 e. The molecule has 0 bridgehead atoms. The van der Waals surface area contributed by atoms with E-state index in [4.69, 9.17) is 0 Å². The maximum Gasteiger partial charge on any atom is 0.0448 e. The predicted octanol–water partition coefficient (Wildman–Crippen LogP) is 8.91. The lowest BCUT2D eigenvalue weighted by molar-refractivity contribution is 0.572. The van der Waals surface area contributed by atoms with Crippen molar-refractivity contribution in [1.82, 2.24) is 0 Å². The van der Waals surface area contributed by atoms with Gasteiger partial charge >= 0.3 is 0 Å². The van der Waals surface area contributed by atoms with Gasteiger partial charge in [0.25, 0.3) is 0 Å². The molecule has 1 aromatic heterocycles. The molecule has 0 saturated heterocycles. The van der Waals surface area contributed by atoms with Crippen molar-refractivity contribution in [1.29, 1.82) is 0 Å². The van der Waals surface area contributed by atoms with E-state index in [-0.39, 0.29) is 0 Å². The molecule has 1 rings (SSSR count). The molecule has 145 valence electrons. The van der Waals surface area contributed by atoms with Gasteiger partial charge in [-0.25, -0.2) is 0 Å². The van der Waals surface area contributed by atoms with Crippen LogP contribution in [0.15, 0.2) is 6.07 Å². The maximum absolute atomic E-state index is 3.39. The second kappa shape index (κ2) is 17.1. The van der Waals surface area contributed by atoms with Crippen molar-refractivity contribution in [3.05, 3.63) is 21.9 Å². The molecule has 1 heteroatoms. The molecule has 0 fully saturated rings. The van der Waals surface area contributed by atoms with Crippen molar-refractivity contribution in [2.75, 3.05) is 0 Å². The lowest BCUT2D eigenvalue weighted by Gasteiger charge is -2.05. The van der Waals surface area contributed by atoms with Crippen LogP contribution < -0.4 is 0 Å². The second-order valence-electron chi connectivity index (χ2n) is 7.76. The Morgan fingerprint density at radius 1 is 0.600 bits per heavy atom. The lowest BCUT2D eigenvalue weighted by atomic mass is 10.0. The monoisotopic (exact) mass is 363 g/mol. The first-order chi connectivity index (χ1) is 12.4. The van der Waals surface area contributed by atoms with Crippen LogP contribution in [0.4, 0.5) is 0 Å². The Morgan fingerprint density at radius 3 is 1.56 bits per heavy atom. The van der Waals surface area contributed by atoms with Crippen molar-refractivity contribution in [2.24, 2.45) is 0 Å². The first-order valence-electron chi connectivity index (χ1n) is 11.4. The maximum atomic E-state index is 3.39.